The lowest BCUT2D eigenvalue weighted by molar-refractivity contribution is -0.126. The molecule has 6 nitrogen and oxygen atoms in total. The topological polar surface area (TPSA) is 65.1 Å². The fraction of sp³-hybridized carbons (Fsp3) is 0.417. The number of nitrogens with zero attached hydrogens (tertiary/aromatic N) is 1. The van der Waals surface area contributed by atoms with Crippen molar-refractivity contribution in [3.05, 3.63) is 59.7 Å². The van der Waals surface area contributed by atoms with Crippen LogP contribution in [0.3, 0.4) is 0 Å². The first-order chi connectivity index (χ1) is 14.5. The lowest BCUT2D eigenvalue weighted by Gasteiger charge is -2.26. The molecule has 1 fully saturated rings. The van der Waals surface area contributed by atoms with Gasteiger partial charge in [0.05, 0.1) is 11.7 Å². The molecular weight excluding hydrogens is 382 g/mol. The molecule has 1 saturated heterocycles. The van der Waals surface area contributed by atoms with Gasteiger partial charge in [-0.2, -0.15) is 0 Å². The maximum Gasteiger partial charge on any atom is 0.338 e. The van der Waals surface area contributed by atoms with Gasteiger partial charge in [-0.15, -0.1) is 0 Å². The van der Waals surface area contributed by atoms with Crippen LogP contribution >= 0.6 is 0 Å². The second kappa shape index (κ2) is 8.88. The molecule has 0 unspecified atom stereocenters. The number of ether oxygens (including phenoxy) is 3. The second-order valence-corrected chi connectivity index (χ2v) is 7.91. The van der Waals surface area contributed by atoms with Crippen LogP contribution in [0.4, 0.5) is 5.69 Å². The largest absolute Gasteiger partial charge is 0.491 e. The van der Waals surface area contributed by atoms with Gasteiger partial charge in [-0.05, 0) is 69.0 Å². The normalized spacial score (nSPS) is 21.2. The number of benzene rings is 2. The molecule has 4 rings (SSSR count). The molecule has 0 radical (unpaired) electrons. The van der Waals surface area contributed by atoms with E-state index in [1.54, 1.807) is 36.1 Å². The molecule has 0 aliphatic carbocycles. The number of hydrogen-bond acceptors (Lipinski definition) is 5. The van der Waals surface area contributed by atoms with Crippen molar-refractivity contribution in [3.63, 3.8) is 0 Å². The molecule has 2 aromatic carbocycles. The number of fused-ring (bicyclic) bond motifs is 1. The van der Waals surface area contributed by atoms with Gasteiger partial charge in [0, 0.05) is 18.3 Å². The van der Waals surface area contributed by atoms with Gasteiger partial charge in [0.15, 0.2) is 6.10 Å². The molecule has 158 valence electrons. The van der Waals surface area contributed by atoms with Gasteiger partial charge < -0.3 is 19.1 Å². The van der Waals surface area contributed by atoms with Crippen LogP contribution in [0.2, 0.25) is 0 Å². The van der Waals surface area contributed by atoms with Gasteiger partial charge in [-0.25, -0.2) is 4.79 Å². The molecular formula is C24H27NO5. The molecule has 3 atom stereocenters. The highest BCUT2D eigenvalue weighted by Crippen LogP contribution is 2.32. The summed E-state index contributed by atoms with van der Waals surface area (Å²) in [6.45, 7) is 4.91. The van der Waals surface area contributed by atoms with Crippen LogP contribution in [0.1, 0.15) is 42.6 Å². The van der Waals surface area contributed by atoms with E-state index in [1.807, 2.05) is 31.2 Å². The number of carbonyl (C=O) groups excluding carboxylic acids is 2. The third-order valence-electron chi connectivity index (χ3n) is 5.63. The van der Waals surface area contributed by atoms with E-state index < -0.39 is 12.1 Å². The Morgan fingerprint density at radius 2 is 1.93 bits per heavy atom. The molecule has 0 saturated carbocycles. The summed E-state index contributed by atoms with van der Waals surface area (Å²) >= 11 is 0. The lowest BCUT2D eigenvalue weighted by atomic mass is 10.1. The Labute approximate surface area is 176 Å². The molecule has 2 aliphatic heterocycles. The standard InChI is InChI=1S/C24H27NO5/c1-16-14-19-6-3-4-8-22(19)25(16)23(26)17(2)30-24(27)18-9-11-20(12-10-18)29-15-21-7-5-13-28-21/h3-4,6,8-12,16-17,21H,5,7,13-15H2,1-2H3/t16-,17+,21-/m0/s1. The van der Waals surface area contributed by atoms with E-state index in [9.17, 15) is 9.59 Å². The number of amides is 1. The van der Waals surface area contributed by atoms with Crippen LogP contribution in [-0.4, -0.2) is 43.3 Å². The van der Waals surface area contributed by atoms with E-state index in [1.165, 1.54) is 0 Å². The zero-order chi connectivity index (χ0) is 21.1. The number of esters is 1. The maximum absolute atomic E-state index is 13.0. The van der Waals surface area contributed by atoms with Gasteiger partial charge in [0.1, 0.15) is 12.4 Å². The Morgan fingerprint density at radius 1 is 1.17 bits per heavy atom. The second-order valence-electron chi connectivity index (χ2n) is 7.91. The van der Waals surface area contributed by atoms with Gasteiger partial charge in [0.2, 0.25) is 0 Å². The summed E-state index contributed by atoms with van der Waals surface area (Å²) in [5.74, 6) is -0.0624. The van der Waals surface area contributed by atoms with Crippen LogP contribution in [-0.2, 0) is 20.7 Å². The SMILES string of the molecule is C[C@@H](OC(=O)c1ccc(OC[C@@H]2CCCO2)cc1)C(=O)N1c2ccccc2C[C@@H]1C. The van der Waals surface area contributed by atoms with Crippen molar-refractivity contribution in [2.75, 3.05) is 18.1 Å². The molecule has 0 aromatic heterocycles. The average molecular weight is 409 g/mol. The van der Waals surface area contributed by atoms with Crippen LogP contribution in [0.15, 0.2) is 48.5 Å². The predicted octanol–water partition coefficient (Wildman–Crippen LogP) is 3.77. The van der Waals surface area contributed by atoms with Crippen molar-refractivity contribution in [3.8, 4) is 5.75 Å². The average Bonchev–Trinajstić information content (AvgIpc) is 3.38. The van der Waals surface area contributed by atoms with Crippen molar-refractivity contribution in [2.45, 2.75) is 51.4 Å². The summed E-state index contributed by atoms with van der Waals surface area (Å²) in [5.41, 5.74) is 2.41. The smallest absolute Gasteiger partial charge is 0.338 e. The molecule has 2 aliphatic rings. The van der Waals surface area contributed by atoms with Crippen LogP contribution in [0.25, 0.3) is 0 Å². The first-order valence-corrected chi connectivity index (χ1v) is 10.5. The lowest BCUT2D eigenvalue weighted by Crippen LogP contribution is -2.43. The van der Waals surface area contributed by atoms with E-state index in [0.717, 1.165) is 37.1 Å². The summed E-state index contributed by atoms with van der Waals surface area (Å²) in [6.07, 6.45) is 2.14. The van der Waals surface area contributed by atoms with E-state index in [0.29, 0.717) is 17.9 Å². The predicted molar refractivity (Wildman–Crippen MR) is 113 cm³/mol. The van der Waals surface area contributed by atoms with Crippen molar-refractivity contribution >= 4 is 17.6 Å². The fourth-order valence-electron chi connectivity index (χ4n) is 4.03. The number of anilines is 1. The van der Waals surface area contributed by atoms with E-state index >= 15 is 0 Å². The third kappa shape index (κ3) is 4.33. The van der Waals surface area contributed by atoms with Crippen LogP contribution in [0.5, 0.6) is 5.75 Å². The highest BCUT2D eigenvalue weighted by Gasteiger charge is 2.34. The van der Waals surface area contributed by atoms with E-state index in [4.69, 9.17) is 14.2 Å². The van der Waals surface area contributed by atoms with E-state index in [-0.39, 0.29) is 18.1 Å². The quantitative estimate of drug-likeness (QED) is 0.680. The summed E-state index contributed by atoms with van der Waals surface area (Å²) in [5, 5.41) is 0. The molecule has 2 aromatic rings. The molecule has 1 amide bonds. The highest BCUT2D eigenvalue weighted by atomic mass is 16.5. The van der Waals surface area contributed by atoms with Gasteiger partial charge >= 0.3 is 5.97 Å². The van der Waals surface area contributed by atoms with Crippen molar-refractivity contribution in [1.29, 1.82) is 0 Å². The summed E-state index contributed by atoms with van der Waals surface area (Å²) in [4.78, 5) is 27.2. The molecule has 6 heteroatoms. The Balaban J connectivity index is 1.34. The van der Waals surface area contributed by atoms with Crippen molar-refractivity contribution in [2.24, 2.45) is 0 Å². The Hall–Kier alpha value is -2.86. The van der Waals surface area contributed by atoms with Crippen LogP contribution < -0.4 is 9.64 Å². The minimum atomic E-state index is -0.874. The highest BCUT2D eigenvalue weighted by molar-refractivity contribution is 6.00. The first kappa shape index (κ1) is 20.4. The van der Waals surface area contributed by atoms with Gasteiger partial charge in [-0.3, -0.25) is 4.79 Å². The number of rotatable bonds is 6. The molecule has 0 N–H and O–H groups in total. The third-order valence-corrected chi connectivity index (χ3v) is 5.63. The first-order valence-electron chi connectivity index (χ1n) is 10.5. The Kier molecular flexibility index (Phi) is 6.04. The summed E-state index contributed by atoms with van der Waals surface area (Å²) in [7, 11) is 0. The minimum absolute atomic E-state index is 0.0383. The summed E-state index contributed by atoms with van der Waals surface area (Å²) < 4.78 is 16.7. The monoisotopic (exact) mass is 409 g/mol. The zero-order valence-electron chi connectivity index (χ0n) is 17.4. The number of para-hydroxylation sites is 1. The molecule has 0 spiro atoms. The van der Waals surface area contributed by atoms with Gasteiger partial charge in [0.25, 0.3) is 5.91 Å². The van der Waals surface area contributed by atoms with E-state index in [2.05, 4.69) is 0 Å². The fourth-order valence-corrected chi connectivity index (χ4v) is 4.03. The Bertz CT molecular complexity index is 904. The molecule has 2 heterocycles. The summed E-state index contributed by atoms with van der Waals surface area (Å²) in [6, 6.07) is 14.6. The molecule has 0 bridgehead atoms. The number of hydrogen-bond donors (Lipinski definition) is 0. The zero-order valence-corrected chi connectivity index (χ0v) is 17.4. The van der Waals surface area contributed by atoms with Crippen molar-refractivity contribution < 1.29 is 23.8 Å². The number of carbonyl (C=O) groups is 2. The minimum Gasteiger partial charge on any atom is -0.491 e. The van der Waals surface area contributed by atoms with Gasteiger partial charge in [-0.1, -0.05) is 18.2 Å². The maximum atomic E-state index is 13.0. The van der Waals surface area contributed by atoms with Crippen LogP contribution in [0, 0.1) is 0 Å². The van der Waals surface area contributed by atoms with Crippen molar-refractivity contribution in [1.82, 2.24) is 0 Å². The molecule has 30 heavy (non-hydrogen) atoms. The Morgan fingerprint density at radius 3 is 2.67 bits per heavy atom.